The van der Waals surface area contributed by atoms with Crippen molar-refractivity contribution in [2.24, 2.45) is 0 Å². The zero-order chi connectivity index (χ0) is 15.3. The van der Waals surface area contributed by atoms with Gasteiger partial charge in [-0.25, -0.2) is 0 Å². The smallest absolute Gasteiger partial charge is 0.234 e. The second kappa shape index (κ2) is 6.44. The summed E-state index contributed by atoms with van der Waals surface area (Å²) in [5, 5.41) is 2.97. The lowest BCUT2D eigenvalue weighted by Crippen LogP contribution is -2.34. The molecule has 0 saturated carbocycles. The Kier molecular flexibility index (Phi) is 4.63. The van der Waals surface area contributed by atoms with E-state index < -0.39 is 5.41 Å². The van der Waals surface area contributed by atoms with E-state index >= 15 is 0 Å². The first kappa shape index (κ1) is 15.1. The van der Waals surface area contributed by atoms with Crippen LogP contribution in [0.5, 0.6) is 5.75 Å². The average molecular weight is 283 g/mol. The van der Waals surface area contributed by atoms with Gasteiger partial charge in [0.15, 0.2) is 0 Å². The van der Waals surface area contributed by atoms with Gasteiger partial charge in [0.2, 0.25) is 5.91 Å². The molecule has 0 bridgehead atoms. The lowest BCUT2D eigenvalue weighted by Gasteiger charge is -2.24. The van der Waals surface area contributed by atoms with Gasteiger partial charge in [-0.2, -0.15) is 0 Å². The van der Waals surface area contributed by atoms with Crippen molar-refractivity contribution in [3.05, 3.63) is 60.2 Å². The summed E-state index contributed by atoms with van der Waals surface area (Å²) in [6.45, 7) is 6.32. The average Bonchev–Trinajstić information content (AvgIpc) is 2.50. The molecule has 21 heavy (non-hydrogen) atoms. The normalized spacial score (nSPS) is 11.0. The third-order valence-corrected chi connectivity index (χ3v) is 3.50. The van der Waals surface area contributed by atoms with E-state index in [0.717, 1.165) is 5.56 Å². The Morgan fingerprint density at radius 2 is 1.67 bits per heavy atom. The Labute approximate surface area is 126 Å². The molecule has 1 N–H and O–H groups in total. The summed E-state index contributed by atoms with van der Waals surface area (Å²) in [5.74, 6) is 0.637. The van der Waals surface area contributed by atoms with Crippen LogP contribution in [-0.2, 0) is 10.2 Å². The second-order valence-electron chi connectivity index (χ2n) is 5.37. The Bertz CT molecular complexity index is 606. The Hall–Kier alpha value is -2.29. The van der Waals surface area contributed by atoms with E-state index in [1.165, 1.54) is 0 Å². The number of anilines is 1. The van der Waals surface area contributed by atoms with Crippen molar-refractivity contribution in [1.82, 2.24) is 0 Å². The van der Waals surface area contributed by atoms with Gasteiger partial charge in [0.25, 0.3) is 0 Å². The maximum Gasteiger partial charge on any atom is 0.234 e. The highest BCUT2D eigenvalue weighted by molar-refractivity contribution is 5.99. The standard InChI is InChI=1S/C18H21NO2/c1-4-21-16-13-9-8-12-15(16)19-17(20)18(2,3)14-10-6-5-7-11-14/h5-13H,4H2,1-3H3,(H,19,20). The second-order valence-corrected chi connectivity index (χ2v) is 5.37. The molecule has 0 radical (unpaired) electrons. The number of hydrogen-bond donors (Lipinski definition) is 1. The molecule has 2 aromatic rings. The van der Waals surface area contributed by atoms with Gasteiger partial charge in [0, 0.05) is 0 Å². The Balaban J connectivity index is 2.22. The van der Waals surface area contributed by atoms with Gasteiger partial charge in [-0.05, 0) is 38.5 Å². The highest BCUT2D eigenvalue weighted by Crippen LogP contribution is 2.28. The monoisotopic (exact) mass is 283 g/mol. The summed E-state index contributed by atoms with van der Waals surface area (Å²) in [4.78, 5) is 12.6. The van der Waals surface area contributed by atoms with E-state index in [1.54, 1.807) is 0 Å². The minimum absolute atomic E-state index is 0.0548. The fraction of sp³-hybridized carbons (Fsp3) is 0.278. The minimum Gasteiger partial charge on any atom is -0.492 e. The number of rotatable bonds is 5. The van der Waals surface area contributed by atoms with Gasteiger partial charge in [-0.15, -0.1) is 0 Å². The van der Waals surface area contributed by atoms with E-state index in [4.69, 9.17) is 4.74 Å². The van der Waals surface area contributed by atoms with E-state index in [0.29, 0.717) is 18.0 Å². The fourth-order valence-corrected chi connectivity index (χ4v) is 2.12. The quantitative estimate of drug-likeness (QED) is 0.900. The zero-order valence-electron chi connectivity index (χ0n) is 12.7. The van der Waals surface area contributed by atoms with Crippen LogP contribution in [0.4, 0.5) is 5.69 Å². The predicted molar refractivity (Wildman–Crippen MR) is 85.7 cm³/mol. The van der Waals surface area contributed by atoms with Gasteiger partial charge in [-0.1, -0.05) is 42.5 Å². The largest absolute Gasteiger partial charge is 0.492 e. The Morgan fingerprint density at radius 1 is 1.05 bits per heavy atom. The molecule has 0 aliphatic rings. The van der Waals surface area contributed by atoms with Crippen LogP contribution in [0.15, 0.2) is 54.6 Å². The molecule has 0 fully saturated rings. The molecule has 0 aliphatic carbocycles. The molecule has 0 atom stereocenters. The summed E-state index contributed by atoms with van der Waals surface area (Å²) in [7, 11) is 0. The van der Waals surface area contributed by atoms with Gasteiger partial charge in [0.1, 0.15) is 5.75 Å². The first-order valence-electron chi connectivity index (χ1n) is 7.14. The third kappa shape index (κ3) is 3.43. The van der Waals surface area contributed by atoms with Crippen molar-refractivity contribution < 1.29 is 9.53 Å². The summed E-state index contributed by atoms with van der Waals surface area (Å²) in [6.07, 6.45) is 0. The number of ether oxygens (including phenoxy) is 1. The van der Waals surface area contributed by atoms with E-state index in [1.807, 2.05) is 75.4 Å². The van der Waals surface area contributed by atoms with Crippen molar-refractivity contribution in [1.29, 1.82) is 0 Å². The highest BCUT2D eigenvalue weighted by atomic mass is 16.5. The summed E-state index contributed by atoms with van der Waals surface area (Å²) in [5.41, 5.74) is 1.07. The number of carbonyl (C=O) groups is 1. The lowest BCUT2D eigenvalue weighted by atomic mass is 9.83. The maximum absolute atomic E-state index is 12.6. The molecular weight excluding hydrogens is 262 g/mol. The first-order chi connectivity index (χ1) is 10.1. The first-order valence-corrected chi connectivity index (χ1v) is 7.14. The van der Waals surface area contributed by atoms with Crippen LogP contribution in [0, 0.1) is 0 Å². The van der Waals surface area contributed by atoms with Crippen LogP contribution in [0.25, 0.3) is 0 Å². The maximum atomic E-state index is 12.6. The lowest BCUT2D eigenvalue weighted by molar-refractivity contribution is -0.120. The zero-order valence-corrected chi connectivity index (χ0v) is 12.7. The van der Waals surface area contributed by atoms with Crippen molar-refractivity contribution in [3.8, 4) is 5.75 Å². The van der Waals surface area contributed by atoms with Crippen LogP contribution in [0.2, 0.25) is 0 Å². The van der Waals surface area contributed by atoms with Crippen molar-refractivity contribution >= 4 is 11.6 Å². The molecule has 0 spiro atoms. The van der Waals surface area contributed by atoms with Crippen molar-refractivity contribution in [2.75, 3.05) is 11.9 Å². The molecule has 3 nitrogen and oxygen atoms in total. The topological polar surface area (TPSA) is 38.3 Å². The van der Waals surface area contributed by atoms with Crippen molar-refractivity contribution in [3.63, 3.8) is 0 Å². The van der Waals surface area contributed by atoms with Crippen LogP contribution in [-0.4, -0.2) is 12.5 Å². The van der Waals surface area contributed by atoms with Crippen LogP contribution in [0.3, 0.4) is 0 Å². The van der Waals surface area contributed by atoms with Gasteiger partial charge in [0.05, 0.1) is 17.7 Å². The number of amides is 1. The minimum atomic E-state index is -0.611. The number of nitrogens with one attached hydrogen (secondary N) is 1. The molecule has 2 aromatic carbocycles. The molecular formula is C18H21NO2. The Morgan fingerprint density at radius 3 is 2.33 bits per heavy atom. The van der Waals surface area contributed by atoms with Crippen molar-refractivity contribution in [2.45, 2.75) is 26.2 Å². The number of benzene rings is 2. The van der Waals surface area contributed by atoms with Gasteiger partial charge in [-0.3, -0.25) is 4.79 Å². The molecule has 110 valence electrons. The molecule has 1 amide bonds. The third-order valence-electron chi connectivity index (χ3n) is 3.50. The van der Waals surface area contributed by atoms with Gasteiger partial charge < -0.3 is 10.1 Å². The predicted octanol–water partition coefficient (Wildman–Crippen LogP) is 4.00. The molecule has 0 unspecified atom stereocenters. The number of para-hydroxylation sites is 2. The number of hydrogen-bond acceptors (Lipinski definition) is 2. The highest BCUT2D eigenvalue weighted by Gasteiger charge is 2.30. The van der Waals surface area contributed by atoms with E-state index in [2.05, 4.69) is 5.32 Å². The van der Waals surface area contributed by atoms with E-state index in [9.17, 15) is 4.79 Å². The SMILES string of the molecule is CCOc1ccccc1NC(=O)C(C)(C)c1ccccc1. The van der Waals surface area contributed by atoms with Crippen LogP contribution in [0.1, 0.15) is 26.3 Å². The van der Waals surface area contributed by atoms with E-state index in [-0.39, 0.29) is 5.91 Å². The number of carbonyl (C=O) groups excluding carboxylic acids is 1. The summed E-state index contributed by atoms with van der Waals surface area (Å²) in [6, 6.07) is 17.2. The molecule has 0 aliphatic heterocycles. The summed E-state index contributed by atoms with van der Waals surface area (Å²) < 4.78 is 5.54. The molecule has 3 heteroatoms. The molecule has 0 saturated heterocycles. The molecule has 0 aromatic heterocycles. The summed E-state index contributed by atoms with van der Waals surface area (Å²) >= 11 is 0. The van der Waals surface area contributed by atoms with Crippen LogP contribution < -0.4 is 10.1 Å². The van der Waals surface area contributed by atoms with Crippen LogP contribution >= 0.6 is 0 Å². The fourth-order valence-electron chi connectivity index (χ4n) is 2.12. The van der Waals surface area contributed by atoms with Gasteiger partial charge >= 0.3 is 0 Å². The molecule has 0 heterocycles. The molecule has 2 rings (SSSR count).